The molecule has 11 heavy (non-hydrogen) atoms. The van der Waals surface area contributed by atoms with Gasteiger partial charge in [-0.1, -0.05) is 12.2 Å². The van der Waals surface area contributed by atoms with Crippen LogP contribution in [-0.4, -0.2) is 12.6 Å². The van der Waals surface area contributed by atoms with Crippen LogP contribution in [0.5, 0.6) is 0 Å². The lowest BCUT2D eigenvalue weighted by Crippen LogP contribution is -2.01. The fraction of sp³-hybridized carbons (Fsp3) is 0.667. The molecule has 62 valence electrons. The van der Waals surface area contributed by atoms with Crippen molar-refractivity contribution in [3.63, 3.8) is 0 Å². The van der Waals surface area contributed by atoms with Crippen molar-refractivity contribution in [2.75, 3.05) is 6.61 Å². The van der Waals surface area contributed by atoms with E-state index in [1.54, 1.807) is 0 Å². The monoisotopic (exact) mass is 154 g/mol. The first-order chi connectivity index (χ1) is 5.20. The molecule has 0 radical (unpaired) electrons. The Morgan fingerprint density at radius 2 is 2.36 bits per heavy atom. The zero-order valence-electron chi connectivity index (χ0n) is 6.93. The van der Waals surface area contributed by atoms with Crippen LogP contribution in [0.25, 0.3) is 0 Å². The minimum atomic E-state index is -0.0613. The van der Waals surface area contributed by atoms with Crippen molar-refractivity contribution in [3.8, 4) is 0 Å². The summed E-state index contributed by atoms with van der Waals surface area (Å²) in [5.41, 5.74) is 1.17. The maximum Gasteiger partial charge on any atom is 0.305 e. The molecule has 0 amide bonds. The number of esters is 1. The number of cyclic esters (lactones) is 1. The standard InChI is InChI=1S/C9H14O2/c1-7(2)8-3-4-9(10)11-6-5-8/h8H,1,3-6H2,2H3. The molecule has 0 aromatic rings. The van der Waals surface area contributed by atoms with Gasteiger partial charge in [0.25, 0.3) is 0 Å². The highest BCUT2D eigenvalue weighted by Crippen LogP contribution is 2.22. The quantitative estimate of drug-likeness (QED) is 0.426. The largest absolute Gasteiger partial charge is 0.466 e. The molecule has 0 bridgehead atoms. The van der Waals surface area contributed by atoms with E-state index in [1.165, 1.54) is 5.57 Å². The predicted octanol–water partition coefficient (Wildman–Crippen LogP) is 1.91. The number of carbonyl (C=O) groups excluding carboxylic acids is 1. The molecule has 0 saturated carbocycles. The van der Waals surface area contributed by atoms with E-state index in [0.29, 0.717) is 18.9 Å². The van der Waals surface area contributed by atoms with E-state index in [0.717, 1.165) is 12.8 Å². The van der Waals surface area contributed by atoms with E-state index in [1.807, 2.05) is 6.92 Å². The molecule has 0 aromatic heterocycles. The zero-order valence-corrected chi connectivity index (χ0v) is 6.93. The smallest absolute Gasteiger partial charge is 0.305 e. The van der Waals surface area contributed by atoms with Crippen LogP contribution in [0, 0.1) is 5.92 Å². The molecule has 2 nitrogen and oxygen atoms in total. The molecule has 0 N–H and O–H groups in total. The highest BCUT2D eigenvalue weighted by molar-refractivity contribution is 5.69. The van der Waals surface area contributed by atoms with Crippen LogP contribution in [0.4, 0.5) is 0 Å². The average molecular weight is 154 g/mol. The first-order valence-electron chi connectivity index (χ1n) is 4.01. The summed E-state index contributed by atoms with van der Waals surface area (Å²) >= 11 is 0. The van der Waals surface area contributed by atoms with Crippen molar-refractivity contribution >= 4 is 5.97 Å². The maximum atomic E-state index is 10.8. The van der Waals surface area contributed by atoms with Crippen LogP contribution in [0.1, 0.15) is 26.2 Å². The number of allylic oxidation sites excluding steroid dienone is 1. The minimum Gasteiger partial charge on any atom is -0.466 e. The molecule has 1 fully saturated rings. The zero-order chi connectivity index (χ0) is 8.27. The van der Waals surface area contributed by atoms with E-state index in [9.17, 15) is 4.79 Å². The van der Waals surface area contributed by atoms with Gasteiger partial charge in [0.15, 0.2) is 0 Å². The first-order valence-corrected chi connectivity index (χ1v) is 4.01. The van der Waals surface area contributed by atoms with Crippen molar-refractivity contribution in [2.45, 2.75) is 26.2 Å². The van der Waals surface area contributed by atoms with E-state index < -0.39 is 0 Å². The van der Waals surface area contributed by atoms with Gasteiger partial charge in [-0.05, 0) is 25.7 Å². The van der Waals surface area contributed by atoms with Gasteiger partial charge in [-0.3, -0.25) is 4.79 Å². The maximum absolute atomic E-state index is 10.8. The summed E-state index contributed by atoms with van der Waals surface area (Å²) in [7, 11) is 0. The lowest BCUT2D eigenvalue weighted by atomic mass is 9.94. The highest BCUT2D eigenvalue weighted by Gasteiger charge is 2.17. The Kier molecular flexibility index (Phi) is 2.69. The van der Waals surface area contributed by atoms with Crippen LogP contribution < -0.4 is 0 Å². The van der Waals surface area contributed by atoms with E-state index >= 15 is 0 Å². The second kappa shape index (κ2) is 3.56. The lowest BCUT2D eigenvalue weighted by molar-refractivity contribution is -0.142. The Bertz CT molecular complexity index is 172. The van der Waals surface area contributed by atoms with Crippen molar-refractivity contribution in [3.05, 3.63) is 12.2 Å². The van der Waals surface area contributed by atoms with E-state index in [4.69, 9.17) is 4.74 Å². The predicted molar refractivity (Wildman–Crippen MR) is 43.1 cm³/mol. The summed E-state index contributed by atoms with van der Waals surface area (Å²) in [6.45, 7) is 6.46. The molecule has 1 heterocycles. The lowest BCUT2D eigenvalue weighted by Gasteiger charge is -2.10. The molecule has 1 aliphatic heterocycles. The van der Waals surface area contributed by atoms with Gasteiger partial charge in [-0.15, -0.1) is 0 Å². The molecule has 0 spiro atoms. The summed E-state index contributed by atoms with van der Waals surface area (Å²) in [5.74, 6) is 0.426. The van der Waals surface area contributed by atoms with Crippen LogP contribution in [0.15, 0.2) is 12.2 Å². The van der Waals surface area contributed by atoms with Crippen molar-refractivity contribution < 1.29 is 9.53 Å². The van der Waals surface area contributed by atoms with Gasteiger partial charge in [-0.2, -0.15) is 0 Å². The summed E-state index contributed by atoms with van der Waals surface area (Å²) < 4.78 is 4.90. The average Bonchev–Trinajstić information content (AvgIpc) is 2.13. The Balaban J connectivity index is 2.46. The van der Waals surface area contributed by atoms with Crippen molar-refractivity contribution in [2.24, 2.45) is 5.92 Å². The summed E-state index contributed by atoms with van der Waals surface area (Å²) in [6.07, 6.45) is 2.41. The summed E-state index contributed by atoms with van der Waals surface area (Å²) in [4.78, 5) is 10.8. The fourth-order valence-corrected chi connectivity index (χ4v) is 1.32. The van der Waals surface area contributed by atoms with E-state index in [-0.39, 0.29) is 5.97 Å². The van der Waals surface area contributed by atoms with Gasteiger partial charge in [0.2, 0.25) is 0 Å². The van der Waals surface area contributed by atoms with Crippen LogP contribution >= 0.6 is 0 Å². The Hall–Kier alpha value is -0.790. The normalized spacial score (nSPS) is 25.5. The van der Waals surface area contributed by atoms with Gasteiger partial charge in [-0.25, -0.2) is 0 Å². The number of hydrogen-bond acceptors (Lipinski definition) is 2. The highest BCUT2D eigenvalue weighted by atomic mass is 16.5. The third-order valence-electron chi connectivity index (χ3n) is 2.12. The van der Waals surface area contributed by atoms with Crippen molar-refractivity contribution in [1.82, 2.24) is 0 Å². The van der Waals surface area contributed by atoms with Gasteiger partial charge in [0, 0.05) is 6.42 Å². The molecular formula is C9H14O2. The molecular weight excluding hydrogens is 140 g/mol. The van der Waals surface area contributed by atoms with Gasteiger partial charge >= 0.3 is 5.97 Å². The first kappa shape index (κ1) is 8.31. The van der Waals surface area contributed by atoms with Gasteiger partial charge < -0.3 is 4.74 Å². The third kappa shape index (κ3) is 2.37. The van der Waals surface area contributed by atoms with E-state index in [2.05, 4.69) is 6.58 Å². The SMILES string of the molecule is C=C(C)C1CCOC(=O)CC1. The number of hydrogen-bond donors (Lipinski definition) is 0. The minimum absolute atomic E-state index is 0.0613. The van der Waals surface area contributed by atoms with Gasteiger partial charge in [0.05, 0.1) is 6.61 Å². The second-order valence-corrected chi connectivity index (χ2v) is 3.09. The van der Waals surface area contributed by atoms with Crippen LogP contribution in [0.2, 0.25) is 0 Å². The van der Waals surface area contributed by atoms with Crippen LogP contribution in [-0.2, 0) is 9.53 Å². The van der Waals surface area contributed by atoms with Crippen LogP contribution in [0.3, 0.4) is 0 Å². The molecule has 0 aliphatic carbocycles. The molecule has 0 aromatic carbocycles. The molecule has 1 unspecified atom stereocenters. The molecule has 1 aliphatic rings. The topological polar surface area (TPSA) is 26.3 Å². The Morgan fingerprint density at radius 3 is 3.00 bits per heavy atom. The second-order valence-electron chi connectivity index (χ2n) is 3.09. The van der Waals surface area contributed by atoms with Crippen molar-refractivity contribution in [1.29, 1.82) is 0 Å². The Morgan fingerprint density at radius 1 is 1.64 bits per heavy atom. The summed E-state index contributed by atoms with van der Waals surface area (Å²) in [6, 6.07) is 0. The number of carbonyl (C=O) groups is 1. The fourth-order valence-electron chi connectivity index (χ4n) is 1.32. The number of rotatable bonds is 1. The molecule has 1 atom stereocenters. The third-order valence-corrected chi connectivity index (χ3v) is 2.12. The Labute approximate surface area is 67.2 Å². The van der Waals surface area contributed by atoms with Gasteiger partial charge in [0.1, 0.15) is 0 Å². The molecule has 1 rings (SSSR count). The summed E-state index contributed by atoms with van der Waals surface area (Å²) in [5, 5.41) is 0. The molecule has 2 heteroatoms. The molecule has 1 saturated heterocycles. The number of ether oxygens (including phenoxy) is 1.